The molecule has 0 unspecified atom stereocenters. The summed E-state index contributed by atoms with van der Waals surface area (Å²) in [6.07, 6.45) is 0. The number of carbonyl (C=O) groups excluding carboxylic acids is 2. The molecule has 7 nitrogen and oxygen atoms in total. The van der Waals surface area contributed by atoms with Crippen LogP contribution in [0, 0.1) is 0 Å². The first-order valence-electron chi connectivity index (χ1n) is 4.18. The lowest BCUT2D eigenvalue weighted by molar-refractivity contribution is -0.145. The van der Waals surface area contributed by atoms with E-state index in [1.54, 1.807) is 0 Å². The molecule has 1 rings (SSSR count). The van der Waals surface area contributed by atoms with E-state index in [1.807, 2.05) is 0 Å². The summed E-state index contributed by atoms with van der Waals surface area (Å²) in [7, 11) is 0. The van der Waals surface area contributed by atoms with Crippen molar-refractivity contribution in [2.24, 2.45) is 0 Å². The van der Waals surface area contributed by atoms with Crippen molar-refractivity contribution in [1.29, 1.82) is 0 Å². The van der Waals surface area contributed by atoms with Crippen LogP contribution in [0.2, 0.25) is 0 Å². The number of nitrogens with one attached hydrogen (secondary N) is 1. The van der Waals surface area contributed by atoms with Gasteiger partial charge in [0.15, 0.2) is 0 Å². The number of rotatable bonds is 4. The van der Waals surface area contributed by atoms with Crippen LogP contribution in [0.25, 0.3) is 0 Å². The smallest absolute Gasteiger partial charge is 0.352 e. The number of aromatic nitrogens is 1. The highest BCUT2D eigenvalue weighted by Gasteiger charge is 2.12. The largest absolute Gasteiger partial charge is 0.492 e. The van der Waals surface area contributed by atoms with E-state index < -0.39 is 17.7 Å². The number of carbonyl (C=O) groups is 2. The molecule has 1 aromatic heterocycles. The van der Waals surface area contributed by atoms with E-state index in [9.17, 15) is 9.59 Å². The highest BCUT2D eigenvalue weighted by Crippen LogP contribution is 2.18. The van der Waals surface area contributed by atoms with Crippen molar-refractivity contribution in [3.63, 3.8) is 0 Å². The van der Waals surface area contributed by atoms with Gasteiger partial charge in [0, 0.05) is 12.1 Å². The molecule has 0 saturated carbocycles. The van der Waals surface area contributed by atoms with E-state index in [0.29, 0.717) is 4.73 Å². The molecule has 16 heavy (non-hydrogen) atoms. The SMILES string of the molecule is O=C(CBr)NCC(=O)On1c(O)ccc1O. The second kappa shape index (κ2) is 5.40. The van der Waals surface area contributed by atoms with Crippen LogP contribution in [0.3, 0.4) is 0 Å². The Morgan fingerprint density at radius 3 is 2.44 bits per heavy atom. The van der Waals surface area contributed by atoms with E-state index >= 15 is 0 Å². The van der Waals surface area contributed by atoms with Gasteiger partial charge < -0.3 is 20.4 Å². The van der Waals surface area contributed by atoms with E-state index in [0.717, 1.165) is 12.1 Å². The molecule has 0 aliphatic heterocycles. The van der Waals surface area contributed by atoms with E-state index in [1.165, 1.54) is 0 Å². The molecule has 0 aromatic carbocycles. The fourth-order valence-electron chi connectivity index (χ4n) is 0.847. The highest BCUT2D eigenvalue weighted by molar-refractivity contribution is 9.09. The first-order valence-corrected chi connectivity index (χ1v) is 5.30. The van der Waals surface area contributed by atoms with Crippen LogP contribution in [0.4, 0.5) is 0 Å². The maximum atomic E-state index is 11.1. The Morgan fingerprint density at radius 1 is 1.38 bits per heavy atom. The molecular weight excluding hydrogens is 284 g/mol. The van der Waals surface area contributed by atoms with Crippen LogP contribution >= 0.6 is 15.9 Å². The molecule has 1 heterocycles. The van der Waals surface area contributed by atoms with Crippen LogP contribution in [0.15, 0.2) is 12.1 Å². The standard InChI is InChI=1S/C8H9BrN2O5/c9-3-5(12)10-4-8(15)16-11-6(13)1-2-7(11)14/h1-2,13-14H,3-4H2,(H,10,12). The minimum Gasteiger partial charge on any atom is -0.492 e. The predicted molar refractivity (Wildman–Crippen MR) is 56.2 cm³/mol. The van der Waals surface area contributed by atoms with Gasteiger partial charge in [-0.2, -0.15) is 0 Å². The Labute approximate surface area is 98.7 Å². The van der Waals surface area contributed by atoms with Crippen molar-refractivity contribution >= 4 is 27.8 Å². The summed E-state index contributed by atoms with van der Waals surface area (Å²) < 4.78 is 0.544. The van der Waals surface area contributed by atoms with Crippen molar-refractivity contribution < 1.29 is 24.6 Å². The average Bonchev–Trinajstić information content (AvgIpc) is 2.57. The number of nitrogens with zero attached hydrogens (tertiary/aromatic N) is 1. The summed E-state index contributed by atoms with van der Waals surface area (Å²) in [4.78, 5) is 26.5. The van der Waals surface area contributed by atoms with Crippen LogP contribution in [0.1, 0.15) is 0 Å². The quantitative estimate of drug-likeness (QED) is 0.641. The molecular formula is C8H9BrN2O5. The summed E-state index contributed by atoms with van der Waals surface area (Å²) in [6.45, 7) is -0.360. The van der Waals surface area contributed by atoms with Gasteiger partial charge in [0.05, 0.1) is 5.33 Å². The van der Waals surface area contributed by atoms with Crippen molar-refractivity contribution in [2.45, 2.75) is 0 Å². The maximum Gasteiger partial charge on any atom is 0.352 e. The van der Waals surface area contributed by atoms with Gasteiger partial charge in [-0.1, -0.05) is 15.9 Å². The fourth-order valence-corrected chi connectivity index (χ4v) is 1.05. The number of halogens is 1. The van der Waals surface area contributed by atoms with Crippen molar-refractivity contribution in [2.75, 3.05) is 11.9 Å². The average molecular weight is 293 g/mol. The van der Waals surface area contributed by atoms with Gasteiger partial charge in [0.25, 0.3) is 0 Å². The Kier molecular flexibility index (Phi) is 4.18. The number of hydrogen-bond acceptors (Lipinski definition) is 5. The zero-order valence-corrected chi connectivity index (χ0v) is 9.60. The molecule has 1 aromatic rings. The third-order valence-electron chi connectivity index (χ3n) is 1.54. The molecule has 0 bridgehead atoms. The lowest BCUT2D eigenvalue weighted by Gasteiger charge is -2.06. The molecule has 3 N–H and O–H groups in total. The predicted octanol–water partition coefficient (Wildman–Crippen LogP) is -0.634. The van der Waals surface area contributed by atoms with Crippen LogP contribution < -0.4 is 10.2 Å². The molecule has 0 saturated heterocycles. The van der Waals surface area contributed by atoms with Crippen LogP contribution in [0.5, 0.6) is 11.8 Å². The third kappa shape index (κ3) is 3.16. The Balaban J connectivity index is 2.49. The Bertz CT molecular complexity index is 384. The van der Waals surface area contributed by atoms with Gasteiger partial charge in [0.2, 0.25) is 17.7 Å². The van der Waals surface area contributed by atoms with Gasteiger partial charge in [-0.25, -0.2) is 4.79 Å². The minimum atomic E-state index is -0.823. The minimum absolute atomic E-state index is 0.0697. The van der Waals surface area contributed by atoms with Crippen LogP contribution in [-0.4, -0.2) is 38.7 Å². The lowest BCUT2D eigenvalue weighted by Crippen LogP contribution is -2.34. The molecule has 1 amide bonds. The normalized spacial score (nSPS) is 9.81. The fraction of sp³-hybridized carbons (Fsp3) is 0.250. The Morgan fingerprint density at radius 2 is 1.94 bits per heavy atom. The van der Waals surface area contributed by atoms with Gasteiger partial charge in [-0.05, 0) is 0 Å². The Hall–Kier alpha value is -1.70. The monoisotopic (exact) mass is 292 g/mol. The zero-order valence-electron chi connectivity index (χ0n) is 8.01. The summed E-state index contributed by atoms with van der Waals surface area (Å²) >= 11 is 2.90. The summed E-state index contributed by atoms with van der Waals surface area (Å²) in [5.74, 6) is -2.04. The molecule has 0 atom stereocenters. The van der Waals surface area contributed by atoms with Gasteiger partial charge >= 0.3 is 5.97 Å². The summed E-state index contributed by atoms with van der Waals surface area (Å²) in [5.41, 5.74) is 0. The van der Waals surface area contributed by atoms with Gasteiger partial charge in [-0.15, -0.1) is 4.73 Å². The van der Waals surface area contributed by atoms with E-state index in [2.05, 4.69) is 26.1 Å². The topological polar surface area (TPSA) is 101 Å². The first kappa shape index (κ1) is 12.4. The number of amides is 1. The second-order valence-electron chi connectivity index (χ2n) is 2.72. The number of alkyl halides is 1. The molecule has 0 aliphatic carbocycles. The molecule has 0 fully saturated rings. The van der Waals surface area contributed by atoms with E-state index in [-0.39, 0.29) is 17.8 Å². The molecule has 0 aliphatic rings. The highest BCUT2D eigenvalue weighted by atomic mass is 79.9. The first-order chi connectivity index (χ1) is 7.54. The number of hydrogen-bond donors (Lipinski definition) is 3. The van der Waals surface area contributed by atoms with Crippen molar-refractivity contribution in [3.8, 4) is 11.8 Å². The zero-order chi connectivity index (χ0) is 12.1. The number of aromatic hydroxyl groups is 2. The third-order valence-corrected chi connectivity index (χ3v) is 2.05. The molecule has 8 heteroatoms. The van der Waals surface area contributed by atoms with Crippen molar-refractivity contribution in [1.82, 2.24) is 10.0 Å². The summed E-state index contributed by atoms with van der Waals surface area (Å²) in [6, 6.07) is 2.30. The summed E-state index contributed by atoms with van der Waals surface area (Å²) in [5, 5.41) is 20.6. The van der Waals surface area contributed by atoms with Gasteiger partial charge in [-0.3, -0.25) is 4.79 Å². The molecule has 0 radical (unpaired) electrons. The van der Waals surface area contributed by atoms with E-state index in [4.69, 9.17) is 10.2 Å². The second-order valence-corrected chi connectivity index (χ2v) is 3.28. The van der Waals surface area contributed by atoms with Crippen molar-refractivity contribution in [3.05, 3.63) is 12.1 Å². The van der Waals surface area contributed by atoms with Crippen LogP contribution in [-0.2, 0) is 9.59 Å². The van der Waals surface area contributed by atoms with Gasteiger partial charge in [0.1, 0.15) is 6.54 Å². The molecule has 88 valence electrons. The molecule has 0 spiro atoms. The lowest BCUT2D eigenvalue weighted by atomic mass is 10.6. The maximum absolute atomic E-state index is 11.1.